The van der Waals surface area contributed by atoms with Gasteiger partial charge >= 0.3 is 0 Å². The van der Waals surface area contributed by atoms with E-state index in [1.54, 1.807) is 37.6 Å². The van der Waals surface area contributed by atoms with Crippen LogP contribution in [0.5, 0.6) is 0 Å². The van der Waals surface area contributed by atoms with Gasteiger partial charge in [-0.15, -0.1) is 0 Å². The lowest BCUT2D eigenvalue weighted by Crippen LogP contribution is -2.36. The number of ether oxygens (including phenoxy) is 1. The fourth-order valence-electron chi connectivity index (χ4n) is 4.35. The maximum atomic E-state index is 12.9. The zero-order chi connectivity index (χ0) is 25.2. The molecule has 0 aliphatic carbocycles. The van der Waals surface area contributed by atoms with E-state index in [-0.39, 0.29) is 5.91 Å². The fourth-order valence-corrected chi connectivity index (χ4v) is 4.90. The van der Waals surface area contributed by atoms with E-state index >= 15 is 0 Å². The van der Waals surface area contributed by atoms with Gasteiger partial charge in [-0.3, -0.25) is 14.5 Å². The number of anilines is 3. The molecule has 3 aromatic rings. The summed E-state index contributed by atoms with van der Waals surface area (Å²) in [4.78, 5) is 19.9. The van der Waals surface area contributed by atoms with Crippen molar-refractivity contribution in [3.63, 3.8) is 0 Å². The van der Waals surface area contributed by atoms with Crippen LogP contribution in [0.4, 0.5) is 17.1 Å². The first-order valence-electron chi connectivity index (χ1n) is 11.4. The van der Waals surface area contributed by atoms with Gasteiger partial charge in [-0.05, 0) is 61.7 Å². The Kier molecular flexibility index (Phi) is 7.13. The van der Waals surface area contributed by atoms with Crippen molar-refractivity contribution in [2.75, 3.05) is 41.4 Å². The highest BCUT2D eigenvalue weighted by atomic mass is 32.2. The Morgan fingerprint density at radius 3 is 2.46 bits per heavy atom. The molecule has 186 valence electrons. The number of carbonyl (C=O) groups is 1. The molecule has 0 unspecified atom stereocenters. The summed E-state index contributed by atoms with van der Waals surface area (Å²) in [7, 11) is 0.216. The first kappa shape index (κ1) is 24.7. The Balaban J connectivity index is 1.47. The molecule has 1 fully saturated rings. The molecule has 4 rings (SSSR count). The molecule has 9 nitrogen and oxygen atoms in total. The average Bonchev–Trinajstić information content (AvgIpc) is 3.19. The van der Waals surface area contributed by atoms with E-state index < -0.39 is 10.0 Å². The molecule has 3 heterocycles. The van der Waals surface area contributed by atoms with Crippen molar-refractivity contribution in [2.45, 2.75) is 25.9 Å². The first-order valence-corrected chi connectivity index (χ1v) is 13.3. The SMILES string of the molecule is COC1CCN(c2ccc(-c3cc(C(=O)Nc4cc(C)cc(NS(C)(=O)=O)c4)cn3C)nc2)CC1. The van der Waals surface area contributed by atoms with Gasteiger partial charge in [0.2, 0.25) is 10.0 Å². The fraction of sp³-hybridized carbons (Fsp3) is 0.360. The number of rotatable bonds is 7. The second kappa shape index (κ2) is 10.1. The average molecular weight is 498 g/mol. The Morgan fingerprint density at radius 1 is 1.11 bits per heavy atom. The van der Waals surface area contributed by atoms with Gasteiger partial charge in [0.25, 0.3) is 5.91 Å². The molecule has 2 N–H and O–H groups in total. The molecule has 35 heavy (non-hydrogen) atoms. The van der Waals surface area contributed by atoms with Gasteiger partial charge in [0.05, 0.1) is 46.9 Å². The van der Waals surface area contributed by atoms with Crippen LogP contribution in [-0.4, -0.2) is 56.4 Å². The summed E-state index contributed by atoms with van der Waals surface area (Å²) in [6.07, 6.45) is 7.04. The number of pyridine rings is 1. The molecule has 0 spiro atoms. The molecule has 1 aromatic carbocycles. The zero-order valence-corrected chi connectivity index (χ0v) is 21.2. The highest BCUT2D eigenvalue weighted by Gasteiger charge is 2.20. The highest BCUT2D eigenvalue weighted by Crippen LogP contribution is 2.26. The summed E-state index contributed by atoms with van der Waals surface area (Å²) in [6, 6.07) is 10.9. The van der Waals surface area contributed by atoms with E-state index in [0.29, 0.717) is 23.0 Å². The molecule has 1 aliphatic heterocycles. The Morgan fingerprint density at radius 2 is 1.83 bits per heavy atom. The number of piperidine rings is 1. The van der Waals surface area contributed by atoms with Crippen molar-refractivity contribution in [1.29, 1.82) is 0 Å². The number of hydrogen-bond donors (Lipinski definition) is 2. The summed E-state index contributed by atoms with van der Waals surface area (Å²) in [5.41, 5.74) is 4.88. The second-order valence-corrected chi connectivity index (χ2v) is 10.7. The van der Waals surface area contributed by atoms with Gasteiger partial charge in [0, 0.05) is 39.1 Å². The van der Waals surface area contributed by atoms with Gasteiger partial charge in [0.1, 0.15) is 0 Å². The monoisotopic (exact) mass is 497 g/mol. The predicted molar refractivity (Wildman–Crippen MR) is 138 cm³/mol. The van der Waals surface area contributed by atoms with E-state index in [2.05, 4.69) is 26.0 Å². The molecule has 0 atom stereocenters. The molecule has 0 saturated carbocycles. The van der Waals surface area contributed by atoms with E-state index in [0.717, 1.165) is 54.8 Å². The van der Waals surface area contributed by atoms with Crippen LogP contribution in [0.2, 0.25) is 0 Å². The number of nitrogens with one attached hydrogen (secondary N) is 2. The molecule has 0 radical (unpaired) electrons. The molecule has 10 heteroatoms. The Hall–Kier alpha value is -3.37. The van der Waals surface area contributed by atoms with Gasteiger partial charge in [0.15, 0.2) is 0 Å². The normalized spacial score (nSPS) is 14.7. The van der Waals surface area contributed by atoms with Crippen LogP contribution in [0.25, 0.3) is 11.4 Å². The second-order valence-electron chi connectivity index (χ2n) is 8.96. The quantitative estimate of drug-likeness (QED) is 0.516. The van der Waals surface area contributed by atoms with E-state index in [9.17, 15) is 13.2 Å². The van der Waals surface area contributed by atoms with E-state index in [4.69, 9.17) is 4.74 Å². The van der Waals surface area contributed by atoms with Crippen molar-refractivity contribution in [3.05, 3.63) is 59.9 Å². The van der Waals surface area contributed by atoms with Crippen molar-refractivity contribution in [1.82, 2.24) is 9.55 Å². The van der Waals surface area contributed by atoms with Crippen LogP contribution in [0.1, 0.15) is 28.8 Å². The molecular weight excluding hydrogens is 466 g/mol. The number of hydrogen-bond acceptors (Lipinski definition) is 6. The van der Waals surface area contributed by atoms with E-state index in [1.807, 2.05) is 30.8 Å². The smallest absolute Gasteiger partial charge is 0.257 e. The van der Waals surface area contributed by atoms with Crippen molar-refractivity contribution in [2.24, 2.45) is 7.05 Å². The topological polar surface area (TPSA) is 106 Å². The van der Waals surface area contributed by atoms with E-state index in [1.165, 1.54) is 0 Å². The zero-order valence-electron chi connectivity index (χ0n) is 20.4. The number of aryl methyl sites for hydroxylation is 2. The minimum absolute atomic E-state index is 0.291. The summed E-state index contributed by atoms with van der Waals surface area (Å²) >= 11 is 0. The first-order chi connectivity index (χ1) is 16.6. The maximum absolute atomic E-state index is 12.9. The third-order valence-electron chi connectivity index (χ3n) is 6.06. The van der Waals surface area contributed by atoms with Crippen molar-refractivity contribution >= 4 is 33.0 Å². The van der Waals surface area contributed by atoms with Crippen LogP contribution < -0.4 is 14.9 Å². The molecule has 1 saturated heterocycles. The summed E-state index contributed by atoms with van der Waals surface area (Å²) < 4.78 is 32.9. The van der Waals surface area contributed by atoms with Gasteiger partial charge in [-0.25, -0.2) is 8.42 Å². The number of carbonyl (C=O) groups excluding carboxylic acids is 1. The number of aromatic nitrogens is 2. The molecule has 2 aromatic heterocycles. The van der Waals surface area contributed by atoms with Crippen molar-refractivity contribution < 1.29 is 17.9 Å². The minimum atomic E-state index is -3.42. The third-order valence-corrected chi connectivity index (χ3v) is 6.66. The Bertz CT molecular complexity index is 1310. The van der Waals surface area contributed by atoms with Gasteiger partial charge < -0.3 is 19.5 Å². The summed E-state index contributed by atoms with van der Waals surface area (Å²) in [5, 5.41) is 2.85. The third kappa shape index (κ3) is 6.20. The standard InChI is InChI=1S/C25H31N5O4S/c1-17-11-19(14-20(12-17)28-35(4,32)33)27-25(31)18-13-24(29(2)16-18)23-6-5-21(15-26-23)30-9-7-22(34-3)8-10-30/h5-6,11-16,22,28H,7-10H2,1-4H3,(H,27,31). The summed E-state index contributed by atoms with van der Waals surface area (Å²) in [6.45, 7) is 3.71. The minimum Gasteiger partial charge on any atom is -0.381 e. The number of sulfonamides is 1. The van der Waals surface area contributed by atoms with Crippen LogP contribution in [0, 0.1) is 6.92 Å². The lowest BCUT2D eigenvalue weighted by molar-refractivity contribution is 0.0819. The van der Waals surface area contributed by atoms with Gasteiger partial charge in [-0.1, -0.05) is 0 Å². The lowest BCUT2D eigenvalue weighted by atomic mass is 10.1. The summed E-state index contributed by atoms with van der Waals surface area (Å²) in [5.74, 6) is -0.291. The largest absolute Gasteiger partial charge is 0.381 e. The Labute approximate surface area is 206 Å². The highest BCUT2D eigenvalue weighted by molar-refractivity contribution is 7.92. The van der Waals surface area contributed by atoms with Crippen LogP contribution in [0.15, 0.2) is 48.8 Å². The van der Waals surface area contributed by atoms with Crippen LogP contribution in [-0.2, 0) is 21.8 Å². The molecular formula is C25H31N5O4S. The van der Waals surface area contributed by atoms with Gasteiger partial charge in [-0.2, -0.15) is 0 Å². The number of benzene rings is 1. The number of methoxy groups -OCH3 is 1. The maximum Gasteiger partial charge on any atom is 0.257 e. The number of nitrogens with zero attached hydrogens (tertiary/aromatic N) is 3. The van der Waals surface area contributed by atoms with Crippen LogP contribution >= 0.6 is 0 Å². The number of amides is 1. The lowest BCUT2D eigenvalue weighted by Gasteiger charge is -2.32. The molecule has 0 bridgehead atoms. The predicted octanol–water partition coefficient (Wildman–Crippen LogP) is 3.63. The van der Waals surface area contributed by atoms with Crippen LogP contribution in [0.3, 0.4) is 0 Å². The molecule has 1 aliphatic rings. The molecule has 1 amide bonds. The van der Waals surface area contributed by atoms with Crippen molar-refractivity contribution in [3.8, 4) is 11.4 Å².